The number of aromatic nitrogens is 2. The number of aryl methyl sites for hydroxylation is 1. The van der Waals surface area contributed by atoms with Crippen molar-refractivity contribution in [2.45, 2.75) is 39.2 Å². The number of carbonyl (C=O) groups excluding carboxylic acids is 1. The smallest absolute Gasteiger partial charge is 0.322 e. The first-order chi connectivity index (χ1) is 11.6. The maximum atomic E-state index is 12.3. The molecule has 1 amide bonds. The largest absolute Gasteiger partial charge is 0.331 e. The molecule has 0 aliphatic rings. The van der Waals surface area contributed by atoms with E-state index in [0.717, 1.165) is 5.56 Å². The van der Waals surface area contributed by atoms with Crippen LogP contribution in [0, 0.1) is 28.4 Å². The number of H-pyrrole nitrogens is 1. The minimum absolute atomic E-state index is 0.0307. The molecule has 2 N–H and O–H groups in total. The third-order valence-corrected chi connectivity index (χ3v) is 3.83. The second kappa shape index (κ2) is 6.73. The van der Waals surface area contributed by atoms with E-state index >= 15 is 0 Å². The fourth-order valence-electron chi connectivity index (χ4n) is 2.37. The average molecular weight is 341 g/mol. The molecular weight excluding hydrogens is 322 g/mol. The van der Waals surface area contributed by atoms with E-state index in [0.29, 0.717) is 5.56 Å². The summed E-state index contributed by atoms with van der Waals surface area (Å²) in [6.07, 6.45) is 0. The maximum Gasteiger partial charge on any atom is 0.322 e. The molecule has 1 heterocycles. The van der Waals surface area contributed by atoms with E-state index in [-0.39, 0.29) is 16.8 Å². The molecule has 25 heavy (non-hydrogen) atoms. The normalized spacial score (nSPS) is 12.3. The van der Waals surface area contributed by atoms with Gasteiger partial charge in [-0.25, -0.2) is 0 Å². The van der Waals surface area contributed by atoms with E-state index in [1.54, 1.807) is 12.1 Å². The van der Waals surface area contributed by atoms with Gasteiger partial charge in [-0.3, -0.25) is 20.0 Å². The van der Waals surface area contributed by atoms with Crippen molar-refractivity contribution in [3.05, 3.63) is 56.9 Å². The van der Waals surface area contributed by atoms with Crippen molar-refractivity contribution < 1.29 is 9.72 Å². The SMILES string of the molecule is Cc1[nH]nc(C(=O)N[C@H](C#N)c2ccc(C(C)(C)C)cc2)c1[N+](=O)[O-]. The molecule has 1 aromatic heterocycles. The van der Waals surface area contributed by atoms with Crippen molar-refractivity contribution in [2.75, 3.05) is 0 Å². The summed E-state index contributed by atoms with van der Waals surface area (Å²) in [5.41, 5.74) is 1.11. The van der Waals surface area contributed by atoms with Crippen LogP contribution in [0.15, 0.2) is 24.3 Å². The highest BCUT2D eigenvalue weighted by Gasteiger charge is 2.28. The molecule has 130 valence electrons. The van der Waals surface area contributed by atoms with Crippen LogP contribution in [0.1, 0.15) is 54.1 Å². The number of nitrogens with one attached hydrogen (secondary N) is 2. The monoisotopic (exact) mass is 341 g/mol. The number of amides is 1. The van der Waals surface area contributed by atoms with Gasteiger partial charge in [-0.15, -0.1) is 0 Å². The second-order valence-corrected chi connectivity index (χ2v) is 6.71. The molecule has 0 radical (unpaired) electrons. The molecule has 8 nitrogen and oxygen atoms in total. The van der Waals surface area contributed by atoms with Crippen LogP contribution in [0.5, 0.6) is 0 Å². The number of carbonyl (C=O) groups is 1. The highest BCUT2D eigenvalue weighted by molar-refractivity contribution is 5.96. The van der Waals surface area contributed by atoms with E-state index in [1.807, 2.05) is 18.2 Å². The van der Waals surface area contributed by atoms with E-state index in [9.17, 15) is 20.2 Å². The van der Waals surface area contributed by atoms with Gasteiger partial charge in [0.05, 0.1) is 11.0 Å². The molecule has 2 rings (SSSR count). The summed E-state index contributed by atoms with van der Waals surface area (Å²) < 4.78 is 0. The van der Waals surface area contributed by atoms with Crippen LogP contribution < -0.4 is 5.32 Å². The summed E-state index contributed by atoms with van der Waals surface area (Å²) in [6.45, 7) is 7.68. The summed E-state index contributed by atoms with van der Waals surface area (Å²) in [7, 11) is 0. The molecule has 0 aliphatic heterocycles. The van der Waals surface area contributed by atoms with Gasteiger partial charge in [0.1, 0.15) is 11.7 Å². The Morgan fingerprint density at radius 2 is 1.96 bits per heavy atom. The Morgan fingerprint density at radius 3 is 2.44 bits per heavy atom. The van der Waals surface area contributed by atoms with Crippen LogP contribution in [0.3, 0.4) is 0 Å². The zero-order valence-electron chi connectivity index (χ0n) is 14.5. The van der Waals surface area contributed by atoms with Gasteiger partial charge in [-0.1, -0.05) is 45.0 Å². The van der Waals surface area contributed by atoms with Gasteiger partial charge in [0, 0.05) is 0 Å². The molecular formula is C17H19N5O3. The molecule has 1 atom stereocenters. The topological polar surface area (TPSA) is 125 Å². The van der Waals surface area contributed by atoms with Crippen LogP contribution in [-0.4, -0.2) is 21.0 Å². The quantitative estimate of drug-likeness (QED) is 0.653. The Morgan fingerprint density at radius 1 is 1.36 bits per heavy atom. The highest BCUT2D eigenvalue weighted by atomic mass is 16.6. The molecule has 0 saturated heterocycles. The van der Waals surface area contributed by atoms with Crippen molar-refractivity contribution in [3.8, 4) is 6.07 Å². The maximum absolute atomic E-state index is 12.3. The average Bonchev–Trinajstić information content (AvgIpc) is 2.93. The summed E-state index contributed by atoms with van der Waals surface area (Å²) >= 11 is 0. The molecule has 0 bridgehead atoms. The zero-order chi connectivity index (χ0) is 18.8. The number of aromatic amines is 1. The van der Waals surface area contributed by atoms with Gasteiger partial charge >= 0.3 is 5.69 Å². The van der Waals surface area contributed by atoms with Crippen molar-refractivity contribution in [2.24, 2.45) is 0 Å². The van der Waals surface area contributed by atoms with Crippen LogP contribution >= 0.6 is 0 Å². The Hall–Kier alpha value is -3.21. The van der Waals surface area contributed by atoms with Crippen molar-refractivity contribution in [1.29, 1.82) is 5.26 Å². The fraction of sp³-hybridized carbons (Fsp3) is 0.353. The predicted molar refractivity (Wildman–Crippen MR) is 90.9 cm³/mol. The van der Waals surface area contributed by atoms with E-state index in [1.165, 1.54) is 6.92 Å². The summed E-state index contributed by atoms with van der Waals surface area (Å²) in [5.74, 6) is -0.775. The van der Waals surface area contributed by atoms with Gasteiger partial charge in [0.2, 0.25) is 5.69 Å². The lowest BCUT2D eigenvalue weighted by molar-refractivity contribution is -0.385. The lowest BCUT2D eigenvalue weighted by Crippen LogP contribution is -2.28. The number of hydrogen-bond acceptors (Lipinski definition) is 5. The summed E-state index contributed by atoms with van der Waals surface area (Å²) in [6, 6.07) is 8.38. The van der Waals surface area contributed by atoms with Crippen molar-refractivity contribution in [3.63, 3.8) is 0 Å². The Labute approximate surface area is 145 Å². The fourth-order valence-corrected chi connectivity index (χ4v) is 2.37. The number of rotatable bonds is 4. The van der Waals surface area contributed by atoms with E-state index in [4.69, 9.17) is 0 Å². The first kappa shape index (κ1) is 18.1. The van der Waals surface area contributed by atoms with Crippen LogP contribution in [-0.2, 0) is 5.41 Å². The van der Waals surface area contributed by atoms with Gasteiger partial charge in [-0.05, 0) is 23.5 Å². The summed E-state index contributed by atoms with van der Waals surface area (Å²) in [4.78, 5) is 22.7. The first-order valence-corrected chi connectivity index (χ1v) is 7.65. The zero-order valence-corrected chi connectivity index (χ0v) is 14.5. The molecule has 1 aromatic carbocycles. The van der Waals surface area contributed by atoms with Crippen molar-refractivity contribution >= 4 is 11.6 Å². The van der Waals surface area contributed by atoms with Gasteiger partial charge in [0.15, 0.2) is 0 Å². The molecule has 0 unspecified atom stereocenters. The van der Waals surface area contributed by atoms with Gasteiger partial charge in [0.25, 0.3) is 5.91 Å². The van der Waals surface area contributed by atoms with Crippen LogP contribution in [0.2, 0.25) is 0 Å². The number of nitriles is 1. The molecule has 0 saturated carbocycles. The van der Waals surface area contributed by atoms with Crippen LogP contribution in [0.25, 0.3) is 0 Å². The third kappa shape index (κ3) is 3.83. The second-order valence-electron chi connectivity index (χ2n) is 6.71. The molecule has 0 spiro atoms. The van der Waals surface area contributed by atoms with E-state index in [2.05, 4.69) is 36.3 Å². The molecule has 0 aliphatic carbocycles. The van der Waals surface area contributed by atoms with Crippen LogP contribution in [0.4, 0.5) is 5.69 Å². The first-order valence-electron chi connectivity index (χ1n) is 7.65. The highest BCUT2D eigenvalue weighted by Crippen LogP contribution is 2.25. The Balaban J connectivity index is 2.24. The Kier molecular flexibility index (Phi) is 4.88. The standard InChI is InChI=1S/C17H19N5O3/c1-10-15(22(24)25)14(21-20-10)16(23)19-13(9-18)11-5-7-12(8-6-11)17(2,3)4/h5-8,13H,1-4H3,(H,19,23)(H,20,21)/t13-/m1/s1. The lowest BCUT2D eigenvalue weighted by atomic mass is 9.86. The predicted octanol–water partition coefficient (Wildman–Crippen LogP) is 2.92. The van der Waals surface area contributed by atoms with Crippen molar-refractivity contribution in [1.82, 2.24) is 15.5 Å². The number of nitrogens with zero attached hydrogens (tertiary/aromatic N) is 3. The van der Waals surface area contributed by atoms with E-state index < -0.39 is 22.6 Å². The van der Waals surface area contributed by atoms with Gasteiger partial charge < -0.3 is 5.32 Å². The van der Waals surface area contributed by atoms with Gasteiger partial charge in [-0.2, -0.15) is 10.4 Å². The number of benzene rings is 1. The third-order valence-electron chi connectivity index (χ3n) is 3.83. The molecule has 2 aromatic rings. The lowest BCUT2D eigenvalue weighted by Gasteiger charge is -2.20. The Bertz CT molecular complexity index is 841. The molecule has 0 fully saturated rings. The number of hydrogen-bond donors (Lipinski definition) is 2. The minimum atomic E-state index is -0.932. The number of nitro groups is 1. The molecule has 8 heteroatoms. The minimum Gasteiger partial charge on any atom is -0.331 e. The summed E-state index contributed by atoms with van der Waals surface area (Å²) in [5, 5.41) is 29.0.